The van der Waals surface area contributed by atoms with E-state index in [0.29, 0.717) is 0 Å². The molecule has 5 heteroatoms. The molecule has 0 spiro atoms. The number of carboxylic acids is 1. The van der Waals surface area contributed by atoms with E-state index in [2.05, 4.69) is 5.32 Å². The molecule has 0 heterocycles. The maximum atomic E-state index is 11.5. The third kappa shape index (κ3) is 8.30. The highest BCUT2D eigenvalue weighted by Gasteiger charge is 2.19. The fraction of sp³-hybridized carbons (Fsp3) is 0.667. The minimum atomic E-state index is -1.04. The number of rotatable bonds is 4. The van der Waals surface area contributed by atoms with E-state index in [1.54, 1.807) is 20.8 Å². The zero-order chi connectivity index (χ0) is 13.6. The van der Waals surface area contributed by atoms with Gasteiger partial charge < -0.3 is 15.2 Å². The quantitative estimate of drug-likeness (QED) is 0.742. The van der Waals surface area contributed by atoms with Crippen molar-refractivity contribution in [2.24, 2.45) is 5.92 Å². The van der Waals surface area contributed by atoms with Crippen LogP contribution in [0, 0.1) is 5.92 Å². The van der Waals surface area contributed by atoms with E-state index in [0.717, 1.165) is 6.08 Å². The molecule has 0 rings (SSSR count). The highest BCUT2D eigenvalue weighted by molar-refractivity contribution is 5.80. The van der Waals surface area contributed by atoms with E-state index in [9.17, 15) is 9.59 Å². The summed E-state index contributed by atoms with van der Waals surface area (Å²) < 4.78 is 5.09. The van der Waals surface area contributed by atoms with Gasteiger partial charge in [0.15, 0.2) is 0 Å². The van der Waals surface area contributed by atoms with Gasteiger partial charge >= 0.3 is 12.1 Å². The molecule has 0 aliphatic rings. The molecule has 0 aliphatic heterocycles. The number of carbonyl (C=O) groups excluding carboxylic acids is 1. The number of alkyl carbamates (subject to hydrolysis) is 1. The zero-order valence-corrected chi connectivity index (χ0v) is 11.0. The first-order valence-electron chi connectivity index (χ1n) is 5.52. The first-order valence-corrected chi connectivity index (χ1v) is 5.52. The molecule has 2 N–H and O–H groups in total. The number of carboxylic acid groups (broad SMARTS) is 1. The molecule has 1 atom stereocenters. The standard InChI is InChI=1S/C12H21NO4/c1-8(2)9(6-7-10(14)15)13-11(16)17-12(3,4)5/h6-9H,1-5H3,(H,13,16)(H,14,15)/b7-6+. The van der Waals surface area contributed by atoms with Gasteiger partial charge in [-0.1, -0.05) is 19.9 Å². The van der Waals surface area contributed by atoms with Gasteiger partial charge in [-0.25, -0.2) is 9.59 Å². The predicted molar refractivity (Wildman–Crippen MR) is 64.8 cm³/mol. The van der Waals surface area contributed by atoms with Gasteiger partial charge in [0.2, 0.25) is 0 Å². The first-order chi connectivity index (χ1) is 7.61. The lowest BCUT2D eigenvalue weighted by atomic mass is 10.0. The molecular weight excluding hydrogens is 222 g/mol. The van der Waals surface area contributed by atoms with Gasteiger partial charge in [-0.05, 0) is 26.7 Å². The van der Waals surface area contributed by atoms with Crippen molar-refractivity contribution in [1.82, 2.24) is 5.32 Å². The second kappa shape index (κ2) is 6.27. The maximum absolute atomic E-state index is 11.5. The molecule has 5 nitrogen and oxygen atoms in total. The molecule has 98 valence electrons. The smallest absolute Gasteiger partial charge is 0.408 e. The molecule has 0 saturated carbocycles. The third-order valence-electron chi connectivity index (χ3n) is 1.85. The Morgan fingerprint density at radius 3 is 2.18 bits per heavy atom. The summed E-state index contributed by atoms with van der Waals surface area (Å²) in [6.07, 6.45) is 1.91. The molecule has 0 bridgehead atoms. The highest BCUT2D eigenvalue weighted by Crippen LogP contribution is 2.09. The number of carbonyl (C=O) groups is 2. The molecule has 17 heavy (non-hydrogen) atoms. The number of nitrogens with one attached hydrogen (secondary N) is 1. The minimum absolute atomic E-state index is 0.0816. The summed E-state index contributed by atoms with van der Waals surface area (Å²) in [5.41, 5.74) is -0.567. The fourth-order valence-electron chi connectivity index (χ4n) is 1.07. The van der Waals surface area contributed by atoms with Crippen molar-refractivity contribution < 1.29 is 19.4 Å². The molecule has 1 unspecified atom stereocenters. The van der Waals surface area contributed by atoms with E-state index < -0.39 is 17.7 Å². The monoisotopic (exact) mass is 243 g/mol. The Balaban J connectivity index is 4.46. The second-order valence-corrected chi connectivity index (χ2v) is 5.11. The van der Waals surface area contributed by atoms with Crippen LogP contribution < -0.4 is 5.32 Å². The van der Waals surface area contributed by atoms with Crippen molar-refractivity contribution in [2.45, 2.75) is 46.3 Å². The Kier molecular flexibility index (Phi) is 5.71. The Morgan fingerprint density at radius 2 is 1.82 bits per heavy atom. The van der Waals surface area contributed by atoms with Gasteiger partial charge in [0, 0.05) is 6.08 Å². The Labute approximate surface area is 102 Å². The lowest BCUT2D eigenvalue weighted by Crippen LogP contribution is -2.40. The zero-order valence-electron chi connectivity index (χ0n) is 11.0. The fourth-order valence-corrected chi connectivity index (χ4v) is 1.07. The summed E-state index contributed by atoms with van der Waals surface area (Å²) in [7, 11) is 0. The largest absolute Gasteiger partial charge is 0.478 e. The van der Waals surface area contributed by atoms with Gasteiger partial charge in [-0.2, -0.15) is 0 Å². The second-order valence-electron chi connectivity index (χ2n) is 5.11. The average molecular weight is 243 g/mol. The summed E-state index contributed by atoms with van der Waals surface area (Å²) in [5.74, 6) is -0.959. The molecule has 0 aromatic rings. The summed E-state index contributed by atoms with van der Waals surface area (Å²) in [5, 5.41) is 11.2. The lowest BCUT2D eigenvalue weighted by molar-refractivity contribution is -0.131. The van der Waals surface area contributed by atoms with Gasteiger partial charge in [0.05, 0.1) is 6.04 Å². The van der Waals surface area contributed by atoms with Crippen molar-refractivity contribution in [2.75, 3.05) is 0 Å². The van der Waals surface area contributed by atoms with Crippen LogP contribution in [0.1, 0.15) is 34.6 Å². The average Bonchev–Trinajstić information content (AvgIpc) is 2.08. The highest BCUT2D eigenvalue weighted by atomic mass is 16.6. The summed E-state index contributed by atoms with van der Waals surface area (Å²) >= 11 is 0. The van der Waals surface area contributed by atoms with Crippen molar-refractivity contribution in [1.29, 1.82) is 0 Å². The minimum Gasteiger partial charge on any atom is -0.478 e. The Bertz CT molecular complexity index is 302. The number of hydrogen-bond acceptors (Lipinski definition) is 3. The van der Waals surface area contributed by atoms with E-state index in [4.69, 9.17) is 9.84 Å². The lowest BCUT2D eigenvalue weighted by Gasteiger charge is -2.23. The van der Waals surface area contributed by atoms with Crippen LogP contribution in [-0.4, -0.2) is 28.8 Å². The van der Waals surface area contributed by atoms with Crippen LogP contribution in [0.15, 0.2) is 12.2 Å². The summed E-state index contributed by atoms with van der Waals surface area (Å²) in [6, 6.07) is -0.360. The number of ether oxygens (including phenoxy) is 1. The van der Waals surface area contributed by atoms with E-state index in [1.807, 2.05) is 13.8 Å². The van der Waals surface area contributed by atoms with Crippen LogP contribution in [0.5, 0.6) is 0 Å². The van der Waals surface area contributed by atoms with Gasteiger partial charge in [0.1, 0.15) is 5.60 Å². The number of amides is 1. The first kappa shape index (κ1) is 15.5. The number of aliphatic carboxylic acids is 1. The molecule has 1 amide bonds. The molecule has 0 saturated heterocycles. The summed E-state index contributed by atoms with van der Waals surface area (Å²) in [6.45, 7) is 9.07. The normalized spacial score (nSPS) is 13.8. The van der Waals surface area contributed by atoms with Crippen molar-refractivity contribution in [3.8, 4) is 0 Å². The SMILES string of the molecule is CC(C)C(/C=C/C(=O)O)NC(=O)OC(C)(C)C. The molecule has 0 aromatic carbocycles. The molecular formula is C12H21NO4. The number of hydrogen-bond donors (Lipinski definition) is 2. The van der Waals surface area contributed by atoms with Gasteiger partial charge in [0.25, 0.3) is 0 Å². The molecule has 0 aromatic heterocycles. The van der Waals surface area contributed by atoms with Crippen LogP contribution in [0.2, 0.25) is 0 Å². The van der Waals surface area contributed by atoms with Crippen molar-refractivity contribution in [3.05, 3.63) is 12.2 Å². The maximum Gasteiger partial charge on any atom is 0.408 e. The van der Waals surface area contributed by atoms with Gasteiger partial charge in [-0.3, -0.25) is 0 Å². The van der Waals surface area contributed by atoms with Crippen LogP contribution in [0.25, 0.3) is 0 Å². The van der Waals surface area contributed by atoms with Crippen LogP contribution >= 0.6 is 0 Å². The van der Waals surface area contributed by atoms with E-state index in [-0.39, 0.29) is 12.0 Å². The van der Waals surface area contributed by atoms with E-state index in [1.165, 1.54) is 6.08 Å². The van der Waals surface area contributed by atoms with Crippen LogP contribution in [-0.2, 0) is 9.53 Å². The third-order valence-corrected chi connectivity index (χ3v) is 1.85. The Morgan fingerprint density at radius 1 is 1.29 bits per heavy atom. The van der Waals surface area contributed by atoms with Crippen molar-refractivity contribution >= 4 is 12.1 Å². The van der Waals surface area contributed by atoms with Crippen molar-refractivity contribution in [3.63, 3.8) is 0 Å². The topological polar surface area (TPSA) is 75.6 Å². The van der Waals surface area contributed by atoms with Crippen LogP contribution in [0.3, 0.4) is 0 Å². The molecule has 0 radical (unpaired) electrons. The van der Waals surface area contributed by atoms with Gasteiger partial charge in [-0.15, -0.1) is 0 Å². The molecule has 0 fully saturated rings. The molecule has 0 aliphatic carbocycles. The Hall–Kier alpha value is -1.52. The van der Waals surface area contributed by atoms with E-state index >= 15 is 0 Å². The van der Waals surface area contributed by atoms with Crippen LogP contribution in [0.4, 0.5) is 4.79 Å². The predicted octanol–water partition coefficient (Wildman–Crippen LogP) is 2.18. The summed E-state index contributed by atoms with van der Waals surface area (Å²) in [4.78, 5) is 21.9.